The smallest absolute Gasteiger partial charge is 0.0637 e. The molecule has 1 aromatic carbocycles. The molecule has 18 heavy (non-hydrogen) atoms. The molecule has 100 valence electrons. The molecule has 0 unspecified atom stereocenters. The molecule has 1 fully saturated rings. The first kappa shape index (κ1) is 14.2. The molecule has 1 N–H and O–H groups in total. The fourth-order valence-electron chi connectivity index (χ4n) is 2.72. The molecular weight excluding hydrogens is 265 g/mol. The second kappa shape index (κ2) is 7.37. The number of halogens is 2. The zero-order chi connectivity index (χ0) is 12.8. The Balaban J connectivity index is 1.64. The van der Waals surface area contributed by atoms with Crippen LogP contribution in [0.5, 0.6) is 0 Å². The maximum Gasteiger partial charge on any atom is 0.0637 e. The van der Waals surface area contributed by atoms with E-state index in [0.717, 1.165) is 24.6 Å². The summed E-state index contributed by atoms with van der Waals surface area (Å²) in [5.41, 5.74) is 1.09. The van der Waals surface area contributed by atoms with Gasteiger partial charge in [0.2, 0.25) is 0 Å². The van der Waals surface area contributed by atoms with Crippen LogP contribution < -0.4 is 5.32 Å². The molecule has 1 aliphatic rings. The van der Waals surface area contributed by atoms with Crippen LogP contribution in [-0.2, 0) is 6.54 Å². The predicted octanol–water partition coefficient (Wildman–Crippen LogP) is 5.05. The summed E-state index contributed by atoms with van der Waals surface area (Å²) in [5, 5.41) is 4.77. The zero-order valence-corrected chi connectivity index (χ0v) is 12.2. The van der Waals surface area contributed by atoms with Gasteiger partial charge < -0.3 is 5.32 Å². The molecule has 1 aromatic rings. The average molecular weight is 286 g/mol. The van der Waals surface area contributed by atoms with Gasteiger partial charge in [0.05, 0.1) is 10.0 Å². The van der Waals surface area contributed by atoms with Gasteiger partial charge in [0.15, 0.2) is 0 Å². The van der Waals surface area contributed by atoms with Gasteiger partial charge in [-0.05, 0) is 36.9 Å². The summed E-state index contributed by atoms with van der Waals surface area (Å²) in [4.78, 5) is 0. The van der Waals surface area contributed by atoms with Gasteiger partial charge in [0.1, 0.15) is 0 Å². The van der Waals surface area contributed by atoms with Crippen molar-refractivity contribution in [3.05, 3.63) is 33.8 Å². The van der Waals surface area contributed by atoms with Gasteiger partial charge in [-0.15, -0.1) is 0 Å². The minimum Gasteiger partial charge on any atom is -0.313 e. The van der Waals surface area contributed by atoms with E-state index in [9.17, 15) is 0 Å². The minimum absolute atomic E-state index is 0.641. The third-order valence-electron chi connectivity index (χ3n) is 3.79. The van der Waals surface area contributed by atoms with Crippen LogP contribution in [-0.4, -0.2) is 6.54 Å². The third-order valence-corrected chi connectivity index (χ3v) is 4.65. The standard InChI is InChI=1S/C15H21Cl2N/c16-14-9-3-8-13(15(14)17)11-18-10-4-7-12-5-1-2-6-12/h3,8-9,12,18H,1-2,4-7,10-11H2. The molecule has 0 heterocycles. The molecule has 0 radical (unpaired) electrons. The highest BCUT2D eigenvalue weighted by Crippen LogP contribution is 2.28. The molecule has 1 saturated carbocycles. The first-order valence-corrected chi connectivity index (χ1v) is 7.66. The van der Waals surface area contributed by atoms with Gasteiger partial charge in [0.25, 0.3) is 0 Å². The van der Waals surface area contributed by atoms with Crippen LogP contribution in [0.15, 0.2) is 18.2 Å². The second-order valence-electron chi connectivity index (χ2n) is 5.18. The highest BCUT2D eigenvalue weighted by Gasteiger charge is 2.13. The van der Waals surface area contributed by atoms with Crippen molar-refractivity contribution in [2.24, 2.45) is 5.92 Å². The van der Waals surface area contributed by atoms with Crippen molar-refractivity contribution in [3.63, 3.8) is 0 Å². The summed E-state index contributed by atoms with van der Waals surface area (Å²) in [6.45, 7) is 1.88. The van der Waals surface area contributed by atoms with Gasteiger partial charge in [0, 0.05) is 6.54 Å². The monoisotopic (exact) mass is 285 g/mol. The molecule has 2 rings (SSSR count). The summed E-state index contributed by atoms with van der Waals surface area (Å²) >= 11 is 12.1. The number of benzene rings is 1. The normalized spacial score (nSPS) is 16.3. The molecule has 1 nitrogen and oxygen atoms in total. The van der Waals surface area contributed by atoms with Crippen molar-refractivity contribution >= 4 is 23.2 Å². The Labute approximate surface area is 120 Å². The van der Waals surface area contributed by atoms with E-state index in [4.69, 9.17) is 23.2 Å². The Kier molecular flexibility index (Phi) is 5.81. The van der Waals surface area contributed by atoms with E-state index in [1.807, 2.05) is 18.2 Å². The van der Waals surface area contributed by atoms with Gasteiger partial charge in [-0.25, -0.2) is 0 Å². The van der Waals surface area contributed by atoms with E-state index >= 15 is 0 Å². The van der Waals surface area contributed by atoms with Crippen LogP contribution >= 0.6 is 23.2 Å². The second-order valence-corrected chi connectivity index (χ2v) is 5.97. The quantitative estimate of drug-likeness (QED) is 0.721. The van der Waals surface area contributed by atoms with E-state index in [-0.39, 0.29) is 0 Å². The Morgan fingerprint density at radius 2 is 1.94 bits per heavy atom. The van der Waals surface area contributed by atoms with E-state index in [0.29, 0.717) is 10.0 Å². The highest BCUT2D eigenvalue weighted by atomic mass is 35.5. The largest absolute Gasteiger partial charge is 0.313 e. The molecule has 0 aliphatic heterocycles. The molecule has 0 amide bonds. The Bertz CT molecular complexity index is 373. The third kappa shape index (κ3) is 4.15. The van der Waals surface area contributed by atoms with E-state index < -0.39 is 0 Å². The number of hydrogen-bond acceptors (Lipinski definition) is 1. The van der Waals surface area contributed by atoms with Crippen LogP contribution in [0.3, 0.4) is 0 Å². The van der Waals surface area contributed by atoms with E-state index in [1.165, 1.54) is 38.5 Å². The van der Waals surface area contributed by atoms with Gasteiger partial charge in [-0.2, -0.15) is 0 Å². The fourth-order valence-corrected chi connectivity index (χ4v) is 3.11. The summed E-state index contributed by atoms with van der Waals surface area (Å²) in [6.07, 6.45) is 8.41. The first-order chi connectivity index (χ1) is 8.77. The molecule has 0 bridgehead atoms. The molecule has 0 aromatic heterocycles. The molecule has 3 heteroatoms. The van der Waals surface area contributed by atoms with Crippen LogP contribution in [0, 0.1) is 5.92 Å². The predicted molar refractivity (Wildman–Crippen MR) is 79.4 cm³/mol. The maximum atomic E-state index is 6.14. The van der Waals surface area contributed by atoms with Crippen molar-refractivity contribution in [1.29, 1.82) is 0 Å². The topological polar surface area (TPSA) is 12.0 Å². The van der Waals surface area contributed by atoms with Crippen molar-refractivity contribution in [2.45, 2.75) is 45.1 Å². The number of rotatable bonds is 6. The molecule has 1 aliphatic carbocycles. The fraction of sp³-hybridized carbons (Fsp3) is 0.600. The van der Waals surface area contributed by atoms with Crippen LogP contribution in [0.25, 0.3) is 0 Å². The van der Waals surface area contributed by atoms with Crippen LogP contribution in [0.2, 0.25) is 10.0 Å². The first-order valence-electron chi connectivity index (χ1n) is 6.91. The average Bonchev–Trinajstić information content (AvgIpc) is 2.87. The lowest BCUT2D eigenvalue weighted by atomic mass is 10.0. The Morgan fingerprint density at radius 1 is 1.17 bits per heavy atom. The molecule has 0 saturated heterocycles. The summed E-state index contributed by atoms with van der Waals surface area (Å²) in [7, 11) is 0. The van der Waals surface area contributed by atoms with Crippen LogP contribution in [0.4, 0.5) is 0 Å². The zero-order valence-electron chi connectivity index (χ0n) is 10.7. The van der Waals surface area contributed by atoms with E-state index in [2.05, 4.69) is 5.32 Å². The number of nitrogens with one attached hydrogen (secondary N) is 1. The van der Waals surface area contributed by atoms with Crippen molar-refractivity contribution in [1.82, 2.24) is 5.32 Å². The molecular formula is C15H21Cl2N. The summed E-state index contributed by atoms with van der Waals surface area (Å²) < 4.78 is 0. The van der Waals surface area contributed by atoms with Crippen molar-refractivity contribution in [3.8, 4) is 0 Å². The minimum atomic E-state index is 0.641. The summed E-state index contributed by atoms with van der Waals surface area (Å²) in [5.74, 6) is 0.988. The Morgan fingerprint density at radius 3 is 2.72 bits per heavy atom. The maximum absolute atomic E-state index is 6.14. The lowest BCUT2D eigenvalue weighted by molar-refractivity contribution is 0.470. The Hall–Kier alpha value is -0.240. The van der Waals surface area contributed by atoms with E-state index in [1.54, 1.807) is 0 Å². The summed E-state index contributed by atoms with van der Waals surface area (Å²) in [6, 6.07) is 5.80. The van der Waals surface area contributed by atoms with Crippen molar-refractivity contribution in [2.75, 3.05) is 6.54 Å². The molecule has 0 atom stereocenters. The van der Waals surface area contributed by atoms with Crippen molar-refractivity contribution < 1.29 is 0 Å². The lowest BCUT2D eigenvalue weighted by Gasteiger charge is -2.10. The molecule has 0 spiro atoms. The van der Waals surface area contributed by atoms with Gasteiger partial charge in [-0.1, -0.05) is 61.0 Å². The van der Waals surface area contributed by atoms with Crippen LogP contribution in [0.1, 0.15) is 44.1 Å². The lowest BCUT2D eigenvalue weighted by Crippen LogP contribution is -2.15. The van der Waals surface area contributed by atoms with Gasteiger partial charge >= 0.3 is 0 Å². The SMILES string of the molecule is Clc1cccc(CNCCCC2CCCC2)c1Cl. The highest BCUT2D eigenvalue weighted by molar-refractivity contribution is 6.42. The number of hydrogen-bond donors (Lipinski definition) is 1. The van der Waals surface area contributed by atoms with Gasteiger partial charge in [-0.3, -0.25) is 0 Å².